The second-order valence-electron chi connectivity index (χ2n) is 5.78. The molecule has 0 fully saturated rings. The molecule has 0 spiro atoms. The Morgan fingerprint density at radius 1 is 1.30 bits per heavy atom. The highest BCUT2D eigenvalue weighted by molar-refractivity contribution is 5.80. The molecule has 124 valence electrons. The van der Waals surface area contributed by atoms with Crippen molar-refractivity contribution in [2.75, 3.05) is 6.61 Å². The van der Waals surface area contributed by atoms with Gasteiger partial charge in [-0.2, -0.15) is 4.80 Å². The summed E-state index contributed by atoms with van der Waals surface area (Å²) in [6.07, 6.45) is 0.660. The molecule has 2 rings (SSSR count). The lowest BCUT2D eigenvalue weighted by atomic mass is 10.0. The van der Waals surface area contributed by atoms with Gasteiger partial charge < -0.3 is 10.4 Å². The van der Waals surface area contributed by atoms with Crippen LogP contribution in [0.15, 0.2) is 30.3 Å². The summed E-state index contributed by atoms with van der Waals surface area (Å²) in [6.45, 7) is 5.67. The summed E-state index contributed by atoms with van der Waals surface area (Å²) in [5.41, 5.74) is 0.850. The number of hydrogen-bond acceptors (Lipinski definition) is 5. The number of carbonyl (C=O) groups excluding carboxylic acids is 1. The number of nitrogens with one attached hydrogen (secondary N) is 1. The molecule has 1 heterocycles. The Bertz CT molecular complexity index is 622. The van der Waals surface area contributed by atoms with Gasteiger partial charge in [0.05, 0.1) is 12.6 Å². The third-order valence-corrected chi connectivity index (χ3v) is 3.67. The van der Waals surface area contributed by atoms with Crippen LogP contribution in [-0.2, 0) is 4.79 Å². The maximum atomic E-state index is 12.5. The fourth-order valence-corrected chi connectivity index (χ4v) is 2.28. The molecule has 7 nitrogen and oxygen atoms in total. The number of nitrogens with zero attached hydrogens (tertiary/aromatic N) is 4. The van der Waals surface area contributed by atoms with Gasteiger partial charge in [0.1, 0.15) is 0 Å². The summed E-state index contributed by atoms with van der Waals surface area (Å²) in [4.78, 5) is 13.9. The second-order valence-corrected chi connectivity index (χ2v) is 5.78. The van der Waals surface area contributed by atoms with Gasteiger partial charge in [0.25, 0.3) is 0 Å². The van der Waals surface area contributed by atoms with E-state index in [-0.39, 0.29) is 24.5 Å². The van der Waals surface area contributed by atoms with Crippen LogP contribution in [0.2, 0.25) is 0 Å². The number of rotatable bonds is 7. The molecule has 0 aliphatic heterocycles. The fraction of sp³-hybridized carbons (Fsp3) is 0.500. The number of amides is 1. The van der Waals surface area contributed by atoms with Gasteiger partial charge in [-0.1, -0.05) is 51.1 Å². The van der Waals surface area contributed by atoms with E-state index in [4.69, 9.17) is 0 Å². The van der Waals surface area contributed by atoms with Crippen molar-refractivity contribution in [3.63, 3.8) is 0 Å². The minimum absolute atomic E-state index is 0.0102. The molecule has 23 heavy (non-hydrogen) atoms. The Balaban J connectivity index is 2.22. The number of hydrogen-bond donors (Lipinski definition) is 2. The van der Waals surface area contributed by atoms with Crippen molar-refractivity contribution < 1.29 is 9.90 Å². The minimum atomic E-state index is -0.569. The Hall–Kier alpha value is -2.28. The van der Waals surface area contributed by atoms with Gasteiger partial charge in [-0.3, -0.25) is 4.79 Å². The van der Waals surface area contributed by atoms with Crippen molar-refractivity contribution >= 4 is 5.91 Å². The summed E-state index contributed by atoms with van der Waals surface area (Å²) in [7, 11) is 0. The zero-order valence-electron chi connectivity index (χ0n) is 13.7. The van der Waals surface area contributed by atoms with E-state index >= 15 is 0 Å². The van der Waals surface area contributed by atoms with Crippen LogP contribution in [0.1, 0.15) is 33.2 Å². The summed E-state index contributed by atoms with van der Waals surface area (Å²) >= 11 is 0. The van der Waals surface area contributed by atoms with E-state index in [9.17, 15) is 9.90 Å². The van der Waals surface area contributed by atoms with E-state index in [0.717, 1.165) is 5.56 Å². The molecule has 0 aliphatic carbocycles. The monoisotopic (exact) mass is 317 g/mol. The zero-order chi connectivity index (χ0) is 16.8. The van der Waals surface area contributed by atoms with Gasteiger partial charge in [-0.05, 0) is 17.6 Å². The zero-order valence-corrected chi connectivity index (χ0v) is 13.7. The van der Waals surface area contributed by atoms with Crippen LogP contribution in [0.4, 0.5) is 0 Å². The first-order valence-corrected chi connectivity index (χ1v) is 7.83. The van der Waals surface area contributed by atoms with Crippen LogP contribution in [0, 0.1) is 5.92 Å². The van der Waals surface area contributed by atoms with Crippen LogP contribution in [0.3, 0.4) is 0 Å². The van der Waals surface area contributed by atoms with Crippen LogP contribution >= 0.6 is 0 Å². The average Bonchev–Trinajstić information content (AvgIpc) is 3.02. The van der Waals surface area contributed by atoms with Crippen LogP contribution in [0.5, 0.6) is 0 Å². The highest BCUT2D eigenvalue weighted by Crippen LogP contribution is 2.19. The molecule has 1 amide bonds. The van der Waals surface area contributed by atoms with Crippen molar-refractivity contribution in [3.8, 4) is 11.4 Å². The highest BCUT2D eigenvalue weighted by atomic mass is 16.3. The van der Waals surface area contributed by atoms with Gasteiger partial charge in [0.15, 0.2) is 6.04 Å². The Kier molecular flexibility index (Phi) is 5.81. The standard InChI is InChI=1S/C16H23N5O2/c1-4-13(10-22)17-16(23)14(11(2)3)21-19-15(18-20-21)12-8-6-5-7-9-12/h5-9,11,13-14,22H,4,10H2,1-3H3,(H,17,23). The van der Waals surface area contributed by atoms with Crippen molar-refractivity contribution in [1.82, 2.24) is 25.5 Å². The first kappa shape index (κ1) is 17.1. The van der Waals surface area contributed by atoms with E-state index in [2.05, 4.69) is 20.7 Å². The summed E-state index contributed by atoms with van der Waals surface area (Å²) < 4.78 is 0. The molecule has 2 unspecified atom stereocenters. The quantitative estimate of drug-likeness (QED) is 0.805. The predicted octanol–water partition coefficient (Wildman–Crippen LogP) is 1.42. The van der Waals surface area contributed by atoms with E-state index < -0.39 is 6.04 Å². The third kappa shape index (κ3) is 4.13. The summed E-state index contributed by atoms with van der Waals surface area (Å²) in [6, 6.07) is 8.67. The van der Waals surface area contributed by atoms with E-state index in [1.807, 2.05) is 51.1 Å². The number of aliphatic hydroxyl groups excluding tert-OH is 1. The number of carbonyl (C=O) groups is 1. The van der Waals surface area contributed by atoms with E-state index in [0.29, 0.717) is 12.2 Å². The molecule has 0 saturated carbocycles. The molecular weight excluding hydrogens is 294 g/mol. The first-order chi connectivity index (χ1) is 11.1. The highest BCUT2D eigenvalue weighted by Gasteiger charge is 2.28. The van der Waals surface area contributed by atoms with E-state index in [1.165, 1.54) is 4.80 Å². The SMILES string of the molecule is CCC(CO)NC(=O)C(C(C)C)n1nnc(-c2ccccc2)n1. The summed E-state index contributed by atoms with van der Waals surface area (Å²) in [5, 5.41) is 24.5. The van der Waals surface area contributed by atoms with Gasteiger partial charge in [0.2, 0.25) is 11.7 Å². The average molecular weight is 317 g/mol. The van der Waals surface area contributed by atoms with Crippen LogP contribution < -0.4 is 5.32 Å². The van der Waals surface area contributed by atoms with Gasteiger partial charge in [-0.15, -0.1) is 10.2 Å². The Labute approximate surface area is 135 Å². The molecule has 0 aliphatic rings. The molecule has 1 aromatic heterocycles. The number of benzene rings is 1. The molecule has 2 aromatic rings. The molecule has 0 radical (unpaired) electrons. The lowest BCUT2D eigenvalue weighted by Crippen LogP contribution is -2.43. The third-order valence-electron chi connectivity index (χ3n) is 3.67. The number of tetrazole rings is 1. The van der Waals surface area contributed by atoms with Crippen molar-refractivity contribution in [2.45, 2.75) is 39.3 Å². The maximum Gasteiger partial charge on any atom is 0.247 e. The molecule has 2 N–H and O–H groups in total. The largest absolute Gasteiger partial charge is 0.394 e. The molecule has 7 heteroatoms. The van der Waals surface area contributed by atoms with Gasteiger partial charge >= 0.3 is 0 Å². The maximum absolute atomic E-state index is 12.5. The Morgan fingerprint density at radius 3 is 2.57 bits per heavy atom. The van der Waals surface area contributed by atoms with Gasteiger partial charge in [-0.25, -0.2) is 0 Å². The Morgan fingerprint density at radius 2 is 2.00 bits per heavy atom. The van der Waals surface area contributed by atoms with Crippen LogP contribution in [-0.4, -0.2) is 43.9 Å². The molecule has 1 aromatic carbocycles. The van der Waals surface area contributed by atoms with Crippen molar-refractivity contribution in [1.29, 1.82) is 0 Å². The minimum Gasteiger partial charge on any atom is -0.394 e. The molecule has 0 saturated heterocycles. The first-order valence-electron chi connectivity index (χ1n) is 7.83. The molecule has 2 atom stereocenters. The summed E-state index contributed by atoms with van der Waals surface area (Å²) in [5.74, 6) is 0.264. The molecular formula is C16H23N5O2. The van der Waals surface area contributed by atoms with Crippen LogP contribution in [0.25, 0.3) is 11.4 Å². The normalized spacial score (nSPS) is 13.8. The smallest absolute Gasteiger partial charge is 0.247 e. The number of aliphatic hydroxyl groups is 1. The molecule has 0 bridgehead atoms. The lowest BCUT2D eigenvalue weighted by molar-refractivity contribution is -0.127. The second kappa shape index (κ2) is 7.82. The van der Waals surface area contributed by atoms with Gasteiger partial charge in [0, 0.05) is 5.56 Å². The van der Waals surface area contributed by atoms with Crippen molar-refractivity contribution in [3.05, 3.63) is 30.3 Å². The van der Waals surface area contributed by atoms with E-state index in [1.54, 1.807) is 0 Å². The lowest BCUT2D eigenvalue weighted by Gasteiger charge is -2.22. The topological polar surface area (TPSA) is 92.9 Å². The number of aromatic nitrogens is 4. The fourth-order valence-electron chi connectivity index (χ4n) is 2.28. The predicted molar refractivity (Wildman–Crippen MR) is 86.4 cm³/mol. The van der Waals surface area contributed by atoms with Crippen molar-refractivity contribution in [2.24, 2.45) is 5.92 Å².